The van der Waals surface area contributed by atoms with Crippen LogP contribution in [0.4, 0.5) is 4.39 Å². The average Bonchev–Trinajstić information content (AvgIpc) is 3.38. The monoisotopic (exact) mass is 532 g/mol. The SMILES string of the molecule is COc1c(C(=O)N[C@H]2CCOC[C@@H]2O)cc(Cc2ccc(C(=O)NCCCSC)c(F)c2)c2c1CCO2. The highest BCUT2D eigenvalue weighted by atomic mass is 32.2. The van der Waals surface area contributed by atoms with Gasteiger partial charge in [-0.3, -0.25) is 9.59 Å². The molecule has 3 N–H and O–H groups in total. The first-order valence-corrected chi connectivity index (χ1v) is 13.8. The molecule has 4 rings (SSSR count). The Morgan fingerprint density at radius 2 is 2.05 bits per heavy atom. The minimum atomic E-state index is -0.787. The van der Waals surface area contributed by atoms with Crippen LogP contribution in [-0.4, -0.2) is 74.6 Å². The van der Waals surface area contributed by atoms with E-state index in [1.54, 1.807) is 23.9 Å². The van der Waals surface area contributed by atoms with Crippen molar-refractivity contribution in [3.63, 3.8) is 0 Å². The van der Waals surface area contributed by atoms with E-state index in [-0.39, 0.29) is 18.1 Å². The number of carbonyl (C=O) groups is 2. The van der Waals surface area contributed by atoms with E-state index in [1.807, 2.05) is 6.26 Å². The fourth-order valence-corrected chi connectivity index (χ4v) is 5.12. The van der Waals surface area contributed by atoms with E-state index in [4.69, 9.17) is 14.2 Å². The fourth-order valence-electron chi connectivity index (χ4n) is 4.68. The average molecular weight is 533 g/mol. The van der Waals surface area contributed by atoms with Crippen LogP contribution < -0.4 is 20.1 Å². The Balaban J connectivity index is 1.56. The Morgan fingerprint density at radius 1 is 1.22 bits per heavy atom. The molecule has 37 heavy (non-hydrogen) atoms. The summed E-state index contributed by atoms with van der Waals surface area (Å²) in [4.78, 5) is 25.6. The van der Waals surface area contributed by atoms with Gasteiger partial charge in [-0.15, -0.1) is 0 Å². The maximum Gasteiger partial charge on any atom is 0.255 e. The van der Waals surface area contributed by atoms with Crippen molar-refractivity contribution in [2.45, 2.75) is 37.8 Å². The third-order valence-corrected chi connectivity index (χ3v) is 7.27. The van der Waals surface area contributed by atoms with Crippen molar-refractivity contribution in [2.24, 2.45) is 0 Å². The van der Waals surface area contributed by atoms with E-state index in [0.717, 1.165) is 23.3 Å². The third kappa shape index (κ3) is 6.37. The van der Waals surface area contributed by atoms with Crippen LogP contribution in [0, 0.1) is 5.82 Å². The van der Waals surface area contributed by atoms with Gasteiger partial charge in [0.2, 0.25) is 0 Å². The molecule has 2 aromatic carbocycles. The van der Waals surface area contributed by atoms with E-state index >= 15 is 0 Å². The Labute approximate surface area is 220 Å². The summed E-state index contributed by atoms with van der Waals surface area (Å²) in [5, 5.41) is 15.8. The van der Waals surface area contributed by atoms with Gasteiger partial charge in [-0.05, 0) is 54.2 Å². The molecule has 0 aromatic heterocycles. The first-order chi connectivity index (χ1) is 17.9. The van der Waals surface area contributed by atoms with Crippen LogP contribution in [0.1, 0.15) is 50.2 Å². The number of aliphatic hydroxyl groups excluding tert-OH is 1. The van der Waals surface area contributed by atoms with Crippen molar-refractivity contribution in [1.29, 1.82) is 0 Å². The van der Waals surface area contributed by atoms with Crippen LogP contribution in [0.3, 0.4) is 0 Å². The predicted octanol–water partition coefficient (Wildman–Crippen LogP) is 2.72. The molecule has 0 radical (unpaired) electrons. The number of hydrogen-bond donors (Lipinski definition) is 3. The first-order valence-electron chi connectivity index (χ1n) is 12.4. The summed E-state index contributed by atoms with van der Waals surface area (Å²) in [6.45, 7) is 1.57. The van der Waals surface area contributed by atoms with E-state index in [9.17, 15) is 19.1 Å². The number of benzene rings is 2. The molecule has 0 unspecified atom stereocenters. The number of hydrogen-bond acceptors (Lipinski definition) is 7. The molecule has 2 aliphatic heterocycles. The number of carbonyl (C=O) groups excluding carboxylic acids is 2. The number of thioether (sulfide) groups is 1. The minimum Gasteiger partial charge on any atom is -0.495 e. The van der Waals surface area contributed by atoms with Gasteiger partial charge in [0.05, 0.1) is 43.6 Å². The molecule has 1 saturated heterocycles. The Morgan fingerprint density at radius 3 is 2.78 bits per heavy atom. The Kier molecular flexibility index (Phi) is 9.28. The topological polar surface area (TPSA) is 106 Å². The van der Waals surface area contributed by atoms with Crippen LogP contribution in [0.5, 0.6) is 11.5 Å². The van der Waals surface area contributed by atoms with Gasteiger partial charge in [0.15, 0.2) is 0 Å². The summed E-state index contributed by atoms with van der Waals surface area (Å²) in [6, 6.07) is 5.82. The van der Waals surface area contributed by atoms with Crippen LogP contribution in [0.25, 0.3) is 0 Å². The second-order valence-electron chi connectivity index (χ2n) is 9.13. The number of aliphatic hydroxyl groups is 1. The molecule has 2 amide bonds. The molecule has 10 heteroatoms. The highest BCUT2D eigenvalue weighted by molar-refractivity contribution is 7.98. The zero-order valence-electron chi connectivity index (χ0n) is 21.1. The van der Waals surface area contributed by atoms with E-state index < -0.39 is 23.9 Å². The lowest BCUT2D eigenvalue weighted by Gasteiger charge is -2.28. The molecule has 8 nitrogen and oxygen atoms in total. The first kappa shape index (κ1) is 27.2. The molecule has 2 atom stereocenters. The number of rotatable bonds is 10. The molecule has 2 heterocycles. The molecule has 0 spiro atoms. The van der Waals surface area contributed by atoms with E-state index in [0.29, 0.717) is 61.6 Å². The fraction of sp³-hybridized carbons (Fsp3) is 0.481. The molecule has 200 valence electrons. The van der Waals surface area contributed by atoms with E-state index in [1.165, 1.54) is 19.2 Å². The number of methoxy groups -OCH3 is 1. The van der Waals surface area contributed by atoms with Crippen LogP contribution in [0.2, 0.25) is 0 Å². The van der Waals surface area contributed by atoms with Crippen molar-refractivity contribution >= 4 is 23.6 Å². The highest BCUT2D eigenvalue weighted by Gasteiger charge is 2.30. The summed E-state index contributed by atoms with van der Waals surface area (Å²) in [5.74, 6) is 0.598. The van der Waals surface area contributed by atoms with Crippen LogP contribution >= 0.6 is 11.8 Å². The van der Waals surface area contributed by atoms with Gasteiger partial charge in [0, 0.05) is 31.6 Å². The molecule has 2 aliphatic rings. The molecule has 1 fully saturated rings. The van der Waals surface area contributed by atoms with Gasteiger partial charge in [0.25, 0.3) is 11.8 Å². The smallest absolute Gasteiger partial charge is 0.255 e. The van der Waals surface area contributed by atoms with Crippen molar-refractivity contribution in [1.82, 2.24) is 10.6 Å². The Bertz CT molecular complexity index is 1140. The Hall–Kier alpha value is -2.82. The summed E-state index contributed by atoms with van der Waals surface area (Å²) in [7, 11) is 1.51. The molecular formula is C27H33FN2O6S. The van der Waals surface area contributed by atoms with Crippen LogP contribution in [0.15, 0.2) is 24.3 Å². The highest BCUT2D eigenvalue weighted by Crippen LogP contribution is 2.40. The zero-order chi connectivity index (χ0) is 26.4. The normalized spacial score (nSPS) is 18.6. The summed E-state index contributed by atoms with van der Waals surface area (Å²) in [5.41, 5.74) is 2.49. The van der Waals surface area contributed by atoms with Gasteiger partial charge in [-0.2, -0.15) is 11.8 Å². The molecular weight excluding hydrogens is 499 g/mol. The summed E-state index contributed by atoms with van der Waals surface area (Å²) >= 11 is 1.69. The maximum atomic E-state index is 14.9. The van der Waals surface area contributed by atoms with Crippen molar-refractivity contribution in [3.05, 3.63) is 57.9 Å². The van der Waals surface area contributed by atoms with Gasteiger partial charge in [-0.1, -0.05) is 6.07 Å². The summed E-state index contributed by atoms with van der Waals surface area (Å²) in [6.07, 6.45) is 3.42. The van der Waals surface area contributed by atoms with Gasteiger partial charge in [-0.25, -0.2) is 4.39 Å². The maximum absolute atomic E-state index is 14.9. The van der Waals surface area contributed by atoms with Gasteiger partial charge in [0.1, 0.15) is 17.3 Å². The summed E-state index contributed by atoms with van der Waals surface area (Å²) < 4.78 is 31.6. The lowest BCUT2D eigenvalue weighted by atomic mass is 9.95. The minimum absolute atomic E-state index is 0.000743. The molecule has 0 aliphatic carbocycles. The van der Waals surface area contributed by atoms with E-state index in [2.05, 4.69) is 10.6 Å². The van der Waals surface area contributed by atoms with Crippen molar-refractivity contribution < 1.29 is 33.3 Å². The van der Waals surface area contributed by atoms with Crippen molar-refractivity contribution in [3.8, 4) is 11.5 Å². The number of fused-ring (bicyclic) bond motifs is 1. The zero-order valence-corrected chi connectivity index (χ0v) is 21.9. The predicted molar refractivity (Wildman–Crippen MR) is 139 cm³/mol. The molecule has 0 saturated carbocycles. The largest absolute Gasteiger partial charge is 0.495 e. The standard InChI is InChI=1S/C27H33FN2O6S/c1-34-25-19-6-10-36-24(19)17(14-20(25)27(33)30-22-7-9-35-15-23(22)31)12-16-4-5-18(21(28)13-16)26(32)29-8-3-11-37-2/h4-5,13-14,22-23,31H,3,6-12,15H2,1-2H3,(H,29,32)(H,30,33)/t22-,23-/m0/s1. The quantitative estimate of drug-likeness (QED) is 0.404. The number of halogens is 1. The van der Waals surface area contributed by atoms with Crippen LogP contribution in [-0.2, 0) is 17.6 Å². The third-order valence-electron chi connectivity index (χ3n) is 6.58. The lowest BCUT2D eigenvalue weighted by Crippen LogP contribution is -2.48. The number of ether oxygens (including phenoxy) is 3. The second-order valence-corrected chi connectivity index (χ2v) is 10.1. The molecule has 0 bridgehead atoms. The lowest BCUT2D eigenvalue weighted by molar-refractivity contribution is -0.0261. The van der Waals surface area contributed by atoms with Gasteiger partial charge < -0.3 is 30.0 Å². The number of nitrogens with one attached hydrogen (secondary N) is 2. The van der Waals surface area contributed by atoms with Gasteiger partial charge >= 0.3 is 0 Å². The van der Waals surface area contributed by atoms with Crippen molar-refractivity contribution in [2.75, 3.05) is 45.5 Å². The molecule has 2 aromatic rings. The number of amides is 2. The second kappa shape index (κ2) is 12.6.